The van der Waals surface area contributed by atoms with Gasteiger partial charge in [0, 0.05) is 22.7 Å². The van der Waals surface area contributed by atoms with E-state index in [0.29, 0.717) is 22.9 Å². The molecule has 1 heterocycles. The maximum atomic E-state index is 12.1. The number of rotatable bonds is 7. The molecule has 2 aromatic carbocycles. The molecule has 27 heavy (non-hydrogen) atoms. The summed E-state index contributed by atoms with van der Waals surface area (Å²) in [4.78, 5) is 12.1. The zero-order chi connectivity index (χ0) is 19.3. The van der Waals surface area contributed by atoms with Crippen LogP contribution in [0.3, 0.4) is 0 Å². The lowest BCUT2D eigenvalue weighted by Gasteiger charge is -2.21. The van der Waals surface area contributed by atoms with Crippen LogP contribution in [0.15, 0.2) is 47.4 Å². The van der Waals surface area contributed by atoms with Gasteiger partial charge in [0.25, 0.3) is 0 Å². The summed E-state index contributed by atoms with van der Waals surface area (Å²) >= 11 is 6.06. The fourth-order valence-corrected chi connectivity index (χ4v) is 3.88. The number of fused-ring (bicyclic) bond motifs is 1. The number of halogens is 1. The molecule has 0 saturated heterocycles. The van der Waals surface area contributed by atoms with E-state index in [-0.39, 0.29) is 31.3 Å². The van der Waals surface area contributed by atoms with Crippen LogP contribution in [0.5, 0.6) is 5.75 Å². The van der Waals surface area contributed by atoms with Crippen molar-refractivity contribution in [2.24, 2.45) is 0 Å². The Bertz CT molecular complexity index is 917. The summed E-state index contributed by atoms with van der Waals surface area (Å²) in [6.07, 6.45) is -0.0984. The molecule has 0 amide bonds. The molecular formula is C18H18ClNO6S. The third-order valence-electron chi connectivity index (χ3n) is 3.82. The van der Waals surface area contributed by atoms with E-state index in [1.165, 1.54) is 12.1 Å². The number of esters is 1. The van der Waals surface area contributed by atoms with Crippen LogP contribution in [0.1, 0.15) is 17.5 Å². The van der Waals surface area contributed by atoms with E-state index in [0.717, 1.165) is 5.56 Å². The summed E-state index contributed by atoms with van der Waals surface area (Å²) in [5.41, 5.74) is 1.43. The number of hydrogen-bond acceptors (Lipinski definition) is 6. The molecule has 0 aliphatic carbocycles. The van der Waals surface area contributed by atoms with E-state index in [1.54, 1.807) is 30.3 Å². The molecule has 0 unspecified atom stereocenters. The maximum Gasteiger partial charge on any atom is 0.307 e. The van der Waals surface area contributed by atoms with Gasteiger partial charge in [-0.3, -0.25) is 4.79 Å². The van der Waals surface area contributed by atoms with E-state index in [4.69, 9.17) is 25.8 Å². The monoisotopic (exact) mass is 411 g/mol. The van der Waals surface area contributed by atoms with Crippen molar-refractivity contribution in [1.29, 1.82) is 0 Å². The summed E-state index contributed by atoms with van der Waals surface area (Å²) in [5.74, 6) is 0.0646. The molecule has 7 nitrogen and oxygen atoms in total. The number of benzene rings is 2. The van der Waals surface area contributed by atoms with Crippen LogP contribution >= 0.6 is 11.6 Å². The maximum absolute atomic E-state index is 12.1. The lowest BCUT2D eigenvalue weighted by Crippen LogP contribution is -2.26. The minimum atomic E-state index is -3.65. The van der Waals surface area contributed by atoms with Gasteiger partial charge < -0.3 is 14.2 Å². The molecule has 0 atom stereocenters. The Morgan fingerprint density at radius 1 is 1.22 bits per heavy atom. The Morgan fingerprint density at radius 3 is 2.78 bits per heavy atom. The first-order valence-corrected chi connectivity index (χ1v) is 10.0. The minimum absolute atomic E-state index is 0.0207. The van der Waals surface area contributed by atoms with Gasteiger partial charge in [-0.25, -0.2) is 13.1 Å². The number of carbonyl (C=O) groups excluding carboxylic acids is 1. The average Bonchev–Trinajstić information content (AvgIpc) is 2.66. The lowest BCUT2D eigenvalue weighted by molar-refractivity contribution is -0.144. The molecule has 0 bridgehead atoms. The third-order valence-corrected chi connectivity index (χ3v) is 5.51. The molecule has 1 aliphatic rings. The van der Waals surface area contributed by atoms with Crippen molar-refractivity contribution in [1.82, 2.24) is 4.72 Å². The predicted octanol–water partition coefficient (Wildman–Crippen LogP) is 2.62. The zero-order valence-corrected chi connectivity index (χ0v) is 15.9. The molecule has 2 aromatic rings. The van der Waals surface area contributed by atoms with Crippen molar-refractivity contribution in [2.75, 3.05) is 13.3 Å². The number of carbonyl (C=O) groups is 1. The van der Waals surface area contributed by atoms with Crippen molar-refractivity contribution >= 4 is 27.6 Å². The summed E-state index contributed by atoms with van der Waals surface area (Å²) in [6.45, 7) is 0.413. The number of nitrogens with one attached hydrogen (secondary N) is 1. The van der Waals surface area contributed by atoms with Crippen LogP contribution in [0.4, 0.5) is 0 Å². The van der Waals surface area contributed by atoms with E-state index in [9.17, 15) is 13.2 Å². The van der Waals surface area contributed by atoms with E-state index >= 15 is 0 Å². The van der Waals surface area contributed by atoms with Gasteiger partial charge in [0.1, 0.15) is 12.4 Å². The van der Waals surface area contributed by atoms with Crippen molar-refractivity contribution in [3.63, 3.8) is 0 Å². The molecule has 0 spiro atoms. The molecule has 9 heteroatoms. The van der Waals surface area contributed by atoms with Gasteiger partial charge in [0.2, 0.25) is 10.0 Å². The number of sulfonamides is 1. The summed E-state index contributed by atoms with van der Waals surface area (Å²) < 4.78 is 42.4. The van der Waals surface area contributed by atoms with Gasteiger partial charge in [-0.2, -0.15) is 0 Å². The second kappa shape index (κ2) is 8.71. The smallest absolute Gasteiger partial charge is 0.307 e. The van der Waals surface area contributed by atoms with E-state index < -0.39 is 16.0 Å². The first kappa shape index (κ1) is 19.6. The Hall–Kier alpha value is -2.13. The van der Waals surface area contributed by atoms with Crippen LogP contribution in [-0.2, 0) is 37.5 Å². The predicted molar refractivity (Wildman–Crippen MR) is 97.8 cm³/mol. The molecule has 0 fully saturated rings. The highest BCUT2D eigenvalue weighted by Crippen LogP contribution is 2.32. The number of hydrogen-bond donors (Lipinski definition) is 1. The topological polar surface area (TPSA) is 90.9 Å². The van der Waals surface area contributed by atoms with Crippen molar-refractivity contribution in [2.45, 2.75) is 24.5 Å². The summed E-state index contributed by atoms with van der Waals surface area (Å²) in [5, 5.41) is 0.490. The highest BCUT2D eigenvalue weighted by Gasteiger charge is 2.18. The highest BCUT2D eigenvalue weighted by atomic mass is 35.5. The molecular weight excluding hydrogens is 394 g/mol. The van der Waals surface area contributed by atoms with Crippen LogP contribution < -0.4 is 9.46 Å². The quantitative estimate of drug-likeness (QED) is 0.704. The second-order valence-corrected chi connectivity index (χ2v) is 7.99. The van der Waals surface area contributed by atoms with Crippen molar-refractivity contribution in [3.8, 4) is 5.75 Å². The van der Waals surface area contributed by atoms with Crippen LogP contribution in [0, 0.1) is 0 Å². The molecule has 1 aliphatic heterocycles. The largest absolute Gasteiger partial charge is 0.467 e. The van der Waals surface area contributed by atoms with Crippen molar-refractivity contribution in [3.05, 3.63) is 58.6 Å². The fourth-order valence-electron chi connectivity index (χ4n) is 2.56. The first-order valence-electron chi connectivity index (χ1n) is 8.18. The second-order valence-electron chi connectivity index (χ2n) is 5.79. The Balaban J connectivity index is 1.52. The third kappa shape index (κ3) is 5.20. The van der Waals surface area contributed by atoms with Gasteiger partial charge in [0.15, 0.2) is 6.79 Å². The molecule has 0 radical (unpaired) electrons. The van der Waals surface area contributed by atoms with Crippen LogP contribution in [-0.4, -0.2) is 27.7 Å². The van der Waals surface area contributed by atoms with Crippen molar-refractivity contribution < 1.29 is 27.4 Å². The average molecular weight is 412 g/mol. The molecule has 3 rings (SSSR count). The van der Waals surface area contributed by atoms with Gasteiger partial charge in [-0.1, -0.05) is 29.8 Å². The normalized spacial score (nSPS) is 13.5. The standard InChI is InChI=1S/C18H18ClNO6S/c19-15-8-13-10-24-12-26-18(13)14(9-15)11-25-17(21)6-7-20-27(22,23)16-4-2-1-3-5-16/h1-5,8-9,20H,6-7,10-12H2. The molecule has 0 saturated carbocycles. The first-order chi connectivity index (χ1) is 13.0. The Morgan fingerprint density at radius 2 is 2.00 bits per heavy atom. The number of ether oxygens (including phenoxy) is 3. The van der Waals surface area contributed by atoms with Gasteiger partial charge in [-0.15, -0.1) is 0 Å². The zero-order valence-electron chi connectivity index (χ0n) is 14.3. The fraction of sp³-hybridized carbons (Fsp3) is 0.278. The lowest BCUT2D eigenvalue weighted by atomic mass is 10.1. The summed E-state index contributed by atoms with van der Waals surface area (Å²) in [7, 11) is -3.65. The molecule has 0 aromatic heterocycles. The van der Waals surface area contributed by atoms with E-state index in [1.807, 2.05) is 0 Å². The van der Waals surface area contributed by atoms with Crippen LogP contribution in [0.25, 0.3) is 0 Å². The Labute approximate surface area is 162 Å². The highest BCUT2D eigenvalue weighted by molar-refractivity contribution is 7.89. The van der Waals surface area contributed by atoms with E-state index in [2.05, 4.69) is 4.72 Å². The van der Waals surface area contributed by atoms with Gasteiger partial charge in [0.05, 0.1) is 17.9 Å². The van der Waals surface area contributed by atoms with Gasteiger partial charge in [-0.05, 0) is 24.3 Å². The minimum Gasteiger partial charge on any atom is -0.467 e. The summed E-state index contributed by atoms with van der Waals surface area (Å²) in [6, 6.07) is 11.3. The van der Waals surface area contributed by atoms with Crippen LogP contribution in [0.2, 0.25) is 5.02 Å². The molecule has 1 N–H and O–H groups in total. The SMILES string of the molecule is O=C(CCNS(=O)(=O)c1ccccc1)OCc1cc(Cl)cc2c1OCOC2. The molecule has 144 valence electrons. The van der Waals surface area contributed by atoms with Gasteiger partial charge >= 0.3 is 5.97 Å². The Kier molecular flexibility index (Phi) is 6.33.